The van der Waals surface area contributed by atoms with Gasteiger partial charge in [-0.3, -0.25) is 0 Å². The van der Waals surface area contributed by atoms with Crippen molar-refractivity contribution in [2.75, 3.05) is 7.11 Å². The summed E-state index contributed by atoms with van der Waals surface area (Å²) < 4.78 is 4.85. The molecule has 1 atom stereocenters. The minimum absolute atomic E-state index is 0.0298. The molecule has 2 rings (SSSR count). The van der Waals surface area contributed by atoms with Gasteiger partial charge in [0, 0.05) is 28.6 Å². The average Bonchev–Trinajstić information content (AvgIpc) is 2.67. The summed E-state index contributed by atoms with van der Waals surface area (Å²) in [6.07, 6.45) is 6.36. The van der Waals surface area contributed by atoms with E-state index in [2.05, 4.69) is 18.9 Å². The Morgan fingerprint density at radius 3 is 2.67 bits per heavy atom. The highest BCUT2D eigenvalue weighted by molar-refractivity contribution is 6.02. The highest BCUT2D eigenvalue weighted by atomic mass is 16.5. The molecule has 0 saturated heterocycles. The van der Waals surface area contributed by atoms with Crippen molar-refractivity contribution < 1.29 is 14.6 Å². The summed E-state index contributed by atoms with van der Waals surface area (Å²) >= 11 is 0. The van der Waals surface area contributed by atoms with Gasteiger partial charge < -0.3 is 15.6 Å². The summed E-state index contributed by atoms with van der Waals surface area (Å²) in [6.45, 7) is 7.78. The minimum atomic E-state index is -0.670. The van der Waals surface area contributed by atoms with Crippen LogP contribution in [0.5, 0.6) is 0 Å². The second kappa shape index (κ2) is 8.58. The van der Waals surface area contributed by atoms with E-state index < -0.39 is 5.97 Å². The van der Waals surface area contributed by atoms with Crippen molar-refractivity contribution in [3.05, 3.63) is 52.7 Å². The number of carbonyl (C=O) groups is 1. The molecule has 1 unspecified atom stereocenters. The Labute approximate surface area is 160 Å². The molecule has 1 aromatic rings. The number of hydrogen-bond acceptors (Lipinski definition) is 6. The third kappa shape index (κ3) is 3.74. The van der Waals surface area contributed by atoms with E-state index in [0.29, 0.717) is 22.9 Å². The topological polar surface area (TPSA) is 88.2 Å². The number of allylic oxidation sites excluding steroid dienone is 2. The number of methoxy groups -OCH3 is 1. The van der Waals surface area contributed by atoms with Crippen molar-refractivity contribution in [2.45, 2.75) is 34.1 Å². The monoisotopic (exact) mass is 369 g/mol. The van der Waals surface area contributed by atoms with E-state index in [0.717, 1.165) is 17.5 Å². The van der Waals surface area contributed by atoms with Crippen LogP contribution in [0.1, 0.15) is 50.8 Å². The molecule has 6 heteroatoms. The van der Waals surface area contributed by atoms with Crippen molar-refractivity contribution in [2.24, 2.45) is 16.8 Å². The van der Waals surface area contributed by atoms with Crippen LogP contribution in [0.15, 0.2) is 41.1 Å². The Balaban J connectivity index is 2.83. The molecule has 1 aliphatic heterocycles. The van der Waals surface area contributed by atoms with E-state index in [4.69, 9.17) is 10.5 Å². The summed E-state index contributed by atoms with van der Waals surface area (Å²) in [6, 6.07) is 5.47. The summed E-state index contributed by atoms with van der Waals surface area (Å²) in [5, 5.41) is 16.5. The fraction of sp³-hybridized carbons (Fsp3) is 0.333. The van der Waals surface area contributed by atoms with Crippen LogP contribution >= 0.6 is 0 Å². The smallest absolute Gasteiger partial charge is 0.360 e. The number of aliphatic hydroxyl groups is 1. The zero-order valence-electron chi connectivity index (χ0n) is 16.5. The molecule has 0 radical (unpaired) electrons. The first-order valence-electron chi connectivity index (χ1n) is 8.99. The molecule has 3 N–H and O–H groups in total. The van der Waals surface area contributed by atoms with E-state index in [9.17, 15) is 9.90 Å². The molecular formula is C21H27N3O3. The fourth-order valence-corrected chi connectivity index (χ4v) is 3.02. The van der Waals surface area contributed by atoms with E-state index in [-0.39, 0.29) is 11.5 Å². The van der Waals surface area contributed by atoms with Crippen LogP contribution in [0.25, 0.3) is 17.2 Å². The first-order chi connectivity index (χ1) is 12.9. The number of aliphatic hydroxyl groups excluding tert-OH is 1. The Hall–Kier alpha value is -3.02. The van der Waals surface area contributed by atoms with Crippen LogP contribution in [0.2, 0.25) is 0 Å². The number of fused-ring (bicyclic) bond motifs is 1. The minimum Gasteiger partial charge on any atom is -0.505 e. The maximum atomic E-state index is 12.3. The molecular weight excluding hydrogens is 342 g/mol. The second-order valence-corrected chi connectivity index (χ2v) is 6.28. The molecule has 144 valence electrons. The third-order valence-corrected chi connectivity index (χ3v) is 4.54. The van der Waals surface area contributed by atoms with E-state index in [1.807, 2.05) is 31.2 Å². The predicted molar refractivity (Wildman–Crippen MR) is 109 cm³/mol. The lowest BCUT2D eigenvalue weighted by Gasteiger charge is -2.31. The Morgan fingerprint density at radius 2 is 2.11 bits per heavy atom. The molecule has 1 heterocycles. The SMILES string of the molecule is C/C=N\N1C(C(=O)OC)=C(O)c2cccc(/C(N)=C/C(C)CC)c2/C1=C\C. The van der Waals surface area contributed by atoms with E-state index in [1.165, 1.54) is 12.1 Å². The predicted octanol–water partition coefficient (Wildman–Crippen LogP) is 4.11. The van der Waals surface area contributed by atoms with Crippen LogP contribution < -0.4 is 5.73 Å². The van der Waals surface area contributed by atoms with Crippen LogP contribution in [0.3, 0.4) is 0 Å². The van der Waals surface area contributed by atoms with Gasteiger partial charge in [0.1, 0.15) is 0 Å². The molecule has 0 fully saturated rings. The average molecular weight is 369 g/mol. The number of carbonyl (C=O) groups excluding carboxylic acids is 1. The first kappa shape index (κ1) is 20.3. The molecule has 0 amide bonds. The molecule has 1 aliphatic rings. The number of nitrogens with zero attached hydrogens (tertiary/aromatic N) is 2. The zero-order valence-corrected chi connectivity index (χ0v) is 16.5. The van der Waals surface area contributed by atoms with Crippen molar-refractivity contribution in [1.82, 2.24) is 5.01 Å². The number of rotatable bonds is 5. The molecule has 0 bridgehead atoms. The highest BCUT2D eigenvalue weighted by Crippen LogP contribution is 2.41. The lowest BCUT2D eigenvalue weighted by molar-refractivity contribution is -0.137. The maximum absolute atomic E-state index is 12.3. The number of ether oxygens (including phenoxy) is 1. The van der Waals surface area contributed by atoms with Gasteiger partial charge >= 0.3 is 5.97 Å². The standard InChI is InChI=1S/C21H27N3O3/c1-6-13(4)12-16(22)14-10-9-11-15-18(14)17(7-2)24(23-8-3)19(20(15)25)21(26)27-5/h7-13,25H,6,22H2,1-5H3/b16-12-,17-7+,23-8-. The van der Waals surface area contributed by atoms with Gasteiger partial charge in [-0.1, -0.05) is 50.6 Å². The van der Waals surface area contributed by atoms with Gasteiger partial charge in [0.15, 0.2) is 11.5 Å². The summed E-state index contributed by atoms with van der Waals surface area (Å²) in [5.41, 5.74) is 9.66. The molecule has 0 aliphatic carbocycles. The fourth-order valence-electron chi connectivity index (χ4n) is 3.02. The van der Waals surface area contributed by atoms with Crippen molar-refractivity contribution in [3.63, 3.8) is 0 Å². The zero-order chi connectivity index (χ0) is 20.1. The van der Waals surface area contributed by atoms with Crippen molar-refractivity contribution in [3.8, 4) is 0 Å². The van der Waals surface area contributed by atoms with Gasteiger partial charge in [0.2, 0.25) is 0 Å². The Kier molecular flexibility index (Phi) is 6.45. The maximum Gasteiger partial charge on any atom is 0.360 e. The quantitative estimate of drug-likeness (QED) is 0.602. The molecule has 0 aromatic heterocycles. The normalized spacial score (nSPS) is 17.4. The van der Waals surface area contributed by atoms with Gasteiger partial charge in [-0.2, -0.15) is 5.10 Å². The number of benzene rings is 1. The highest BCUT2D eigenvalue weighted by Gasteiger charge is 2.35. The van der Waals surface area contributed by atoms with Gasteiger partial charge in [-0.15, -0.1) is 0 Å². The summed E-state index contributed by atoms with van der Waals surface area (Å²) in [4.78, 5) is 12.3. The molecule has 0 saturated carbocycles. The number of hydrogen-bond donors (Lipinski definition) is 2. The lowest BCUT2D eigenvalue weighted by Crippen LogP contribution is -2.29. The van der Waals surface area contributed by atoms with E-state index >= 15 is 0 Å². The second-order valence-electron chi connectivity index (χ2n) is 6.28. The van der Waals surface area contributed by atoms with Gasteiger partial charge in [-0.05, 0) is 19.8 Å². The van der Waals surface area contributed by atoms with Gasteiger partial charge in [0.25, 0.3) is 0 Å². The molecule has 27 heavy (non-hydrogen) atoms. The summed E-state index contributed by atoms with van der Waals surface area (Å²) in [7, 11) is 1.27. The van der Waals surface area contributed by atoms with Gasteiger partial charge in [-0.25, -0.2) is 9.80 Å². The lowest BCUT2D eigenvalue weighted by atomic mass is 9.90. The first-order valence-corrected chi connectivity index (χ1v) is 8.99. The molecule has 6 nitrogen and oxygen atoms in total. The van der Waals surface area contributed by atoms with E-state index in [1.54, 1.807) is 19.2 Å². The molecule has 1 aromatic carbocycles. The van der Waals surface area contributed by atoms with Crippen LogP contribution in [0.4, 0.5) is 0 Å². The number of esters is 1. The van der Waals surface area contributed by atoms with Crippen molar-refractivity contribution in [1.29, 1.82) is 0 Å². The van der Waals surface area contributed by atoms with Crippen LogP contribution in [-0.4, -0.2) is 29.4 Å². The number of nitrogens with two attached hydrogens (primary N) is 1. The van der Waals surface area contributed by atoms with Crippen LogP contribution in [0, 0.1) is 5.92 Å². The molecule has 0 spiro atoms. The van der Waals surface area contributed by atoms with Gasteiger partial charge in [0.05, 0.1) is 12.8 Å². The number of hydrazone groups is 1. The van der Waals surface area contributed by atoms with Crippen molar-refractivity contribution >= 4 is 29.3 Å². The summed E-state index contributed by atoms with van der Waals surface area (Å²) in [5.74, 6) is -0.541. The largest absolute Gasteiger partial charge is 0.505 e. The Bertz CT molecular complexity index is 850. The van der Waals surface area contributed by atoms with Crippen LogP contribution in [-0.2, 0) is 9.53 Å². The Morgan fingerprint density at radius 1 is 1.41 bits per heavy atom. The third-order valence-electron chi connectivity index (χ3n) is 4.54.